The summed E-state index contributed by atoms with van der Waals surface area (Å²) in [6, 6.07) is 4.60. The topological polar surface area (TPSA) is 34.1 Å². The van der Waals surface area contributed by atoms with Crippen LogP contribution in [0.15, 0.2) is 29.8 Å². The number of ether oxygens (including phenoxy) is 1. The second kappa shape index (κ2) is 5.93. The molecule has 1 aromatic carbocycles. The maximum Gasteiger partial charge on any atom is 0.140 e. The van der Waals surface area contributed by atoms with Crippen LogP contribution in [0.5, 0.6) is 5.75 Å². The molecule has 0 radical (unpaired) electrons. The van der Waals surface area contributed by atoms with E-state index < -0.39 is 0 Å². The van der Waals surface area contributed by atoms with E-state index in [9.17, 15) is 4.39 Å². The van der Waals surface area contributed by atoms with Crippen LogP contribution in [0.4, 0.5) is 4.39 Å². The van der Waals surface area contributed by atoms with Crippen LogP contribution in [-0.4, -0.2) is 12.0 Å². The summed E-state index contributed by atoms with van der Waals surface area (Å²) in [6.07, 6.45) is 1.74. The Morgan fingerprint density at radius 3 is 3.00 bits per heavy atom. The molecule has 0 fully saturated rings. The van der Waals surface area contributed by atoms with Crippen molar-refractivity contribution in [2.24, 2.45) is 0 Å². The molecule has 0 aliphatic rings. The van der Waals surface area contributed by atoms with E-state index in [1.165, 1.54) is 23.5 Å². The number of nitrogens with zero attached hydrogens (tertiary/aromatic N) is 1. The van der Waals surface area contributed by atoms with E-state index in [2.05, 4.69) is 10.3 Å². The molecule has 5 heteroatoms. The molecule has 3 nitrogen and oxygen atoms in total. The van der Waals surface area contributed by atoms with Crippen LogP contribution in [0.3, 0.4) is 0 Å². The lowest BCUT2D eigenvalue weighted by Gasteiger charge is -2.16. The fourth-order valence-corrected chi connectivity index (χ4v) is 2.14. The fourth-order valence-electron chi connectivity index (χ4n) is 1.61. The van der Waals surface area contributed by atoms with Crippen molar-refractivity contribution in [3.63, 3.8) is 0 Å². The Hall–Kier alpha value is -1.46. The lowest BCUT2D eigenvalue weighted by molar-refractivity contribution is 0.299. The Kier molecular flexibility index (Phi) is 4.28. The van der Waals surface area contributed by atoms with Crippen LogP contribution >= 0.6 is 11.3 Å². The molecule has 0 saturated carbocycles. The Labute approximate surface area is 110 Å². The van der Waals surface area contributed by atoms with Crippen molar-refractivity contribution in [3.05, 3.63) is 46.2 Å². The number of hydrogen-bond donors (Lipinski definition) is 1. The van der Waals surface area contributed by atoms with Crippen LogP contribution in [0.1, 0.15) is 23.5 Å². The van der Waals surface area contributed by atoms with Crippen molar-refractivity contribution >= 4 is 11.3 Å². The zero-order chi connectivity index (χ0) is 13.0. The van der Waals surface area contributed by atoms with Gasteiger partial charge in [0.1, 0.15) is 23.2 Å². The molecule has 1 unspecified atom stereocenters. The quantitative estimate of drug-likeness (QED) is 0.902. The molecule has 0 aliphatic heterocycles. The highest BCUT2D eigenvalue weighted by Gasteiger charge is 2.11. The lowest BCUT2D eigenvalue weighted by Crippen LogP contribution is -2.14. The second-order valence-electron chi connectivity index (χ2n) is 3.91. The third kappa shape index (κ3) is 3.05. The Morgan fingerprint density at radius 1 is 1.50 bits per heavy atom. The molecular weight excluding hydrogens is 251 g/mol. The molecule has 0 amide bonds. The molecule has 1 atom stereocenters. The van der Waals surface area contributed by atoms with Gasteiger partial charge in [0.05, 0.1) is 0 Å². The largest absolute Gasteiger partial charge is 0.486 e. The third-order valence-corrected chi connectivity index (χ3v) is 3.46. The average Bonchev–Trinajstić information content (AvgIpc) is 2.89. The average molecular weight is 266 g/mol. The highest BCUT2D eigenvalue weighted by molar-refractivity contribution is 7.09. The summed E-state index contributed by atoms with van der Waals surface area (Å²) in [6.45, 7) is 2.37. The van der Waals surface area contributed by atoms with Gasteiger partial charge in [0, 0.05) is 23.2 Å². The van der Waals surface area contributed by atoms with Gasteiger partial charge in [-0.3, -0.25) is 0 Å². The van der Waals surface area contributed by atoms with E-state index in [1.807, 2.05) is 19.4 Å². The summed E-state index contributed by atoms with van der Waals surface area (Å²) in [7, 11) is 1.83. The minimum Gasteiger partial charge on any atom is -0.486 e. The molecule has 18 heavy (non-hydrogen) atoms. The van der Waals surface area contributed by atoms with Crippen molar-refractivity contribution in [1.82, 2.24) is 10.3 Å². The molecule has 2 aromatic rings. The first-order valence-corrected chi connectivity index (χ1v) is 6.56. The first-order valence-electron chi connectivity index (χ1n) is 5.68. The summed E-state index contributed by atoms with van der Waals surface area (Å²) >= 11 is 1.54. The SMILES string of the molecule is CNC(C)c1cc(F)ccc1OCc1nccs1. The maximum absolute atomic E-state index is 13.3. The Balaban J connectivity index is 2.16. The van der Waals surface area contributed by atoms with Crippen molar-refractivity contribution in [1.29, 1.82) is 0 Å². The smallest absolute Gasteiger partial charge is 0.140 e. The Bertz CT molecular complexity index is 502. The van der Waals surface area contributed by atoms with E-state index in [1.54, 1.807) is 12.3 Å². The summed E-state index contributed by atoms with van der Waals surface area (Å²) in [5, 5.41) is 5.89. The highest BCUT2D eigenvalue weighted by atomic mass is 32.1. The molecule has 1 heterocycles. The van der Waals surface area contributed by atoms with Crippen molar-refractivity contribution in [2.75, 3.05) is 7.05 Å². The summed E-state index contributed by atoms with van der Waals surface area (Å²) in [5.41, 5.74) is 0.814. The molecule has 0 spiro atoms. The van der Waals surface area contributed by atoms with Gasteiger partial charge < -0.3 is 10.1 Å². The van der Waals surface area contributed by atoms with E-state index in [-0.39, 0.29) is 11.9 Å². The number of aromatic nitrogens is 1. The summed E-state index contributed by atoms with van der Waals surface area (Å²) < 4.78 is 19.0. The summed E-state index contributed by atoms with van der Waals surface area (Å²) in [4.78, 5) is 4.15. The monoisotopic (exact) mass is 266 g/mol. The number of hydrogen-bond acceptors (Lipinski definition) is 4. The van der Waals surface area contributed by atoms with Gasteiger partial charge in [-0.2, -0.15) is 0 Å². The minimum atomic E-state index is -0.256. The number of thiazole rings is 1. The Morgan fingerprint density at radius 2 is 2.33 bits per heavy atom. The normalized spacial score (nSPS) is 12.4. The minimum absolute atomic E-state index is 0.0343. The van der Waals surface area contributed by atoms with Crippen LogP contribution in [-0.2, 0) is 6.61 Å². The van der Waals surface area contributed by atoms with E-state index >= 15 is 0 Å². The molecule has 2 rings (SSSR count). The molecule has 96 valence electrons. The molecule has 0 aliphatic carbocycles. The standard InChI is InChI=1S/C13H15FN2OS/c1-9(15-2)11-7-10(14)3-4-12(11)17-8-13-16-5-6-18-13/h3-7,9,15H,8H2,1-2H3. The summed E-state index contributed by atoms with van der Waals surface area (Å²) in [5.74, 6) is 0.433. The van der Waals surface area contributed by atoms with Crippen LogP contribution in [0, 0.1) is 5.82 Å². The van der Waals surface area contributed by atoms with Crippen LogP contribution in [0.25, 0.3) is 0 Å². The zero-order valence-electron chi connectivity index (χ0n) is 10.3. The zero-order valence-corrected chi connectivity index (χ0v) is 11.1. The molecule has 1 aromatic heterocycles. The van der Waals surface area contributed by atoms with E-state index in [4.69, 9.17) is 4.74 Å². The number of halogens is 1. The van der Waals surface area contributed by atoms with Gasteiger partial charge in [0.15, 0.2) is 0 Å². The number of benzene rings is 1. The van der Waals surface area contributed by atoms with Crippen LogP contribution in [0.2, 0.25) is 0 Å². The lowest BCUT2D eigenvalue weighted by atomic mass is 10.1. The second-order valence-corrected chi connectivity index (χ2v) is 4.89. The van der Waals surface area contributed by atoms with Gasteiger partial charge in [-0.05, 0) is 32.2 Å². The predicted molar refractivity (Wildman–Crippen MR) is 70.3 cm³/mol. The van der Waals surface area contributed by atoms with Gasteiger partial charge in [-0.25, -0.2) is 9.37 Å². The van der Waals surface area contributed by atoms with Crippen molar-refractivity contribution < 1.29 is 9.13 Å². The number of nitrogens with one attached hydrogen (secondary N) is 1. The van der Waals surface area contributed by atoms with Crippen LogP contribution < -0.4 is 10.1 Å². The van der Waals surface area contributed by atoms with Gasteiger partial charge in [-0.15, -0.1) is 11.3 Å². The van der Waals surface area contributed by atoms with Crippen molar-refractivity contribution in [3.8, 4) is 5.75 Å². The highest BCUT2D eigenvalue weighted by Crippen LogP contribution is 2.26. The molecule has 0 bridgehead atoms. The van der Waals surface area contributed by atoms with Gasteiger partial charge >= 0.3 is 0 Å². The molecule has 0 saturated heterocycles. The fraction of sp³-hybridized carbons (Fsp3) is 0.308. The first-order chi connectivity index (χ1) is 8.70. The first kappa shape index (κ1) is 13.0. The van der Waals surface area contributed by atoms with Crippen molar-refractivity contribution in [2.45, 2.75) is 19.6 Å². The number of rotatable bonds is 5. The van der Waals surface area contributed by atoms with E-state index in [0.717, 1.165) is 10.6 Å². The third-order valence-electron chi connectivity index (χ3n) is 2.71. The van der Waals surface area contributed by atoms with E-state index in [0.29, 0.717) is 12.4 Å². The maximum atomic E-state index is 13.3. The predicted octanol–water partition coefficient (Wildman–Crippen LogP) is 3.14. The van der Waals surface area contributed by atoms with Gasteiger partial charge in [0.2, 0.25) is 0 Å². The molecule has 1 N–H and O–H groups in total. The molecular formula is C13H15FN2OS. The van der Waals surface area contributed by atoms with Gasteiger partial charge in [-0.1, -0.05) is 0 Å². The van der Waals surface area contributed by atoms with Gasteiger partial charge in [0.25, 0.3) is 0 Å².